The van der Waals surface area contributed by atoms with Gasteiger partial charge < -0.3 is 14.4 Å². The van der Waals surface area contributed by atoms with Crippen molar-refractivity contribution in [2.45, 2.75) is 13.1 Å². The predicted octanol–water partition coefficient (Wildman–Crippen LogP) is 5.11. The standard InChI is InChI=1S/C27H27ClN4O3/c1-19(33)26-29-32(20-8-4-3-5-9-20)27(22-10-6-7-11-25(22)34-2)31(26)21-12-13-24(23(28)18-21)30-14-16-35-17-15-30/h3-13,18,27H,14-17H2,1-2H3. The number of amidine groups is 1. The fraction of sp³-hybridized carbons (Fsp3) is 0.259. The van der Waals surface area contributed by atoms with Gasteiger partial charge in [-0.2, -0.15) is 0 Å². The second-order valence-corrected chi connectivity index (χ2v) is 8.79. The highest BCUT2D eigenvalue weighted by Crippen LogP contribution is 2.43. The van der Waals surface area contributed by atoms with E-state index in [1.807, 2.05) is 82.7 Å². The van der Waals surface area contributed by atoms with E-state index in [2.05, 4.69) is 4.90 Å². The summed E-state index contributed by atoms with van der Waals surface area (Å²) in [6, 6.07) is 23.5. The molecule has 2 aliphatic rings. The molecule has 0 aromatic heterocycles. The number of carbonyl (C=O) groups is 1. The van der Waals surface area contributed by atoms with E-state index < -0.39 is 6.17 Å². The predicted molar refractivity (Wildman–Crippen MR) is 140 cm³/mol. The SMILES string of the molecule is COc1ccccc1C1N(c2ccccc2)N=C(C(C)=O)N1c1ccc(N2CCOCC2)c(Cl)c1. The first kappa shape index (κ1) is 23.2. The van der Waals surface area contributed by atoms with E-state index in [9.17, 15) is 4.79 Å². The molecule has 5 rings (SSSR count). The normalized spacial score (nSPS) is 18.0. The maximum Gasteiger partial charge on any atom is 0.198 e. The number of morpholine rings is 1. The van der Waals surface area contributed by atoms with E-state index in [1.54, 1.807) is 7.11 Å². The number of hydrogen-bond acceptors (Lipinski definition) is 7. The molecule has 35 heavy (non-hydrogen) atoms. The maximum atomic E-state index is 12.9. The molecule has 1 saturated heterocycles. The molecule has 0 N–H and O–H groups in total. The summed E-state index contributed by atoms with van der Waals surface area (Å²) in [5.74, 6) is 0.899. The molecule has 0 amide bonds. The molecule has 0 spiro atoms. The number of ketones is 1. The molecule has 0 bridgehead atoms. The van der Waals surface area contributed by atoms with Crippen molar-refractivity contribution in [2.75, 3.05) is 48.2 Å². The van der Waals surface area contributed by atoms with E-state index in [-0.39, 0.29) is 5.78 Å². The van der Waals surface area contributed by atoms with Crippen molar-refractivity contribution in [3.05, 3.63) is 83.4 Å². The maximum absolute atomic E-state index is 12.9. The first-order valence-corrected chi connectivity index (χ1v) is 11.9. The van der Waals surface area contributed by atoms with E-state index in [0.29, 0.717) is 29.8 Å². The van der Waals surface area contributed by atoms with Crippen molar-refractivity contribution in [3.8, 4) is 5.75 Å². The Hall–Kier alpha value is -3.55. The minimum Gasteiger partial charge on any atom is -0.496 e. The van der Waals surface area contributed by atoms with Crippen molar-refractivity contribution >= 4 is 40.3 Å². The second-order valence-electron chi connectivity index (χ2n) is 8.38. The lowest BCUT2D eigenvalue weighted by Crippen LogP contribution is -2.38. The molecule has 1 fully saturated rings. The van der Waals surface area contributed by atoms with Gasteiger partial charge in [0, 0.05) is 31.3 Å². The molecule has 7 nitrogen and oxygen atoms in total. The highest BCUT2D eigenvalue weighted by atomic mass is 35.5. The number of hydrogen-bond donors (Lipinski definition) is 0. The zero-order valence-corrected chi connectivity index (χ0v) is 20.5. The van der Waals surface area contributed by atoms with Gasteiger partial charge in [0.2, 0.25) is 0 Å². The van der Waals surface area contributed by atoms with Crippen LogP contribution in [0.4, 0.5) is 17.1 Å². The number of Topliss-reactive ketones (excluding diaryl/α,β-unsaturated/α-hetero) is 1. The van der Waals surface area contributed by atoms with E-state index in [4.69, 9.17) is 26.2 Å². The van der Waals surface area contributed by atoms with Crippen LogP contribution in [-0.2, 0) is 9.53 Å². The average molecular weight is 491 g/mol. The van der Waals surface area contributed by atoms with Gasteiger partial charge in [0.25, 0.3) is 0 Å². The van der Waals surface area contributed by atoms with Crippen LogP contribution in [0.1, 0.15) is 18.7 Å². The number of para-hydroxylation sites is 2. The largest absolute Gasteiger partial charge is 0.496 e. The van der Waals surface area contributed by atoms with Gasteiger partial charge in [0.05, 0.1) is 36.7 Å². The van der Waals surface area contributed by atoms with Gasteiger partial charge in [-0.1, -0.05) is 48.0 Å². The monoisotopic (exact) mass is 490 g/mol. The molecule has 0 aliphatic carbocycles. The van der Waals surface area contributed by atoms with Gasteiger partial charge in [0.15, 0.2) is 17.8 Å². The lowest BCUT2D eigenvalue weighted by molar-refractivity contribution is -0.111. The molecule has 2 aliphatic heterocycles. The highest BCUT2D eigenvalue weighted by molar-refractivity contribution is 6.44. The van der Waals surface area contributed by atoms with Crippen LogP contribution in [0.25, 0.3) is 0 Å². The van der Waals surface area contributed by atoms with Crippen molar-refractivity contribution < 1.29 is 14.3 Å². The first-order valence-electron chi connectivity index (χ1n) is 11.6. The molecule has 1 atom stereocenters. The summed E-state index contributed by atoms with van der Waals surface area (Å²) in [5, 5.41) is 7.27. The summed E-state index contributed by atoms with van der Waals surface area (Å²) in [6.45, 7) is 4.45. The number of halogens is 1. The molecule has 0 radical (unpaired) electrons. The second kappa shape index (κ2) is 9.98. The van der Waals surface area contributed by atoms with Gasteiger partial charge in [-0.3, -0.25) is 9.69 Å². The van der Waals surface area contributed by atoms with Gasteiger partial charge in [-0.15, -0.1) is 5.10 Å². The van der Waals surface area contributed by atoms with Crippen molar-refractivity contribution in [2.24, 2.45) is 5.10 Å². The molecule has 180 valence electrons. The summed E-state index contributed by atoms with van der Waals surface area (Å²) >= 11 is 6.80. The van der Waals surface area contributed by atoms with Crippen LogP contribution in [0.3, 0.4) is 0 Å². The number of rotatable bonds is 6. The highest BCUT2D eigenvalue weighted by Gasteiger charge is 2.40. The summed E-state index contributed by atoms with van der Waals surface area (Å²) in [4.78, 5) is 17.0. The molecule has 0 saturated carbocycles. The Bertz CT molecular complexity index is 1240. The van der Waals surface area contributed by atoms with Crippen LogP contribution < -0.4 is 19.5 Å². The Labute approximate surface area is 210 Å². The summed E-state index contributed by atoms with van der Waals surface area (Å²) in [7, 11) is 1.64. The zero-order valence-electron chi connectivity index (χ0n) is 19.7. The quantitative estimate of drug-likeness (QED) is 0.478. The Kier molecular flexibility index (Phi) is 6.61. The van der Waals surface area contributed by atoms with Crippen molar-refractivity contribution in [1.29, 1.82) is 0 Å². The number of ether oxygens (including phenoxy) is 2. The topological polar surface area (TPSA) is 57.6 Å². The fourth-order valence-corrected chi connectivity index (χ4v) is 4.86. The lowest BCUT2D eigenvalue weighted by atomic mass is 10.1. The van der Waals surface area contributed by atoms with Crippen LogP contribution in [0, 0.1) is 0 Å². The Balaban J connectivity index is 1.63. The van der Waals surface area contributed by atoms with Crippen LogP contribution in [-0.4, -0.2) is 45.0 Å². The van der Waals surface area contributed by atoms with Gasteiger partial charge in [-0.25, -0.2) is 5.01 Å². The first-order chi connectivity index (χ1) is 17.1. The minimum atomic E-state index is -0.447. The Morgan fingerprint density at radius 2 is 1.71 bits per heavy atom. The summed E-state index contributed by atoms with van der Waals surface area (Å²) in [5.41, 5.74) is 3.47. The van der Waals surface area contributed by atoms with Crippen LogP contribution in [0.15, 0.2) is 77.9 Å². The average Bonchev–Trinajstić information content (AvgIpc) is 3.30. The Morgan fingerprint density at radius 3 is 2.40 bits per heavy atom. The molecule has 2 heterocycles. The number of carbonyl (C=O) groups excluding carboxylic acids is 1. The van der Waals surface area contributed by atoms with Gasteiger partial charge in [-0.05, 0) is 36.4 Å². The smallest absolute Gasteiger partial charge is 0.198 e. The number of hydrazone groups is 1. The van der Waals surface area contributed by atoms with E-state index in [1.165, 1.54) is 6.92 Å². The number of benzene rings is 3. The fourth-order valence-electron chi connectivity index (χ4n) is 4.57. The molecular weight excluding hydrogens is 464 g/mol. The summed E-state index contributed by atoms with van der Waals surface area (Å²) < 4.78 is 11.2. The molecule has 1 unspecified atom stereocenters. The zero-order chi connectivity index (χ0) is 24.4. The van der Waals surface area contributed by atoms with E-state index in [0.717, 1.165) is 35.7 Å². The molecule has 3 aromatic rings. The molecule has 8 heteroatoms. The van der Waals surface area contributed by atoms with Crippen LogP contribution in [0.5, 0.6) is 5.75 Å². The number of methoxy groups -OCH3 is 1. The molecular formula is C27H27ClN4O3. The third-order valence-electron chi connectivity index (χ3n) is 6.22. The van der Waals surface area contributed by atoms with Crippen LogP contribution >= 0.6 is 11.6 Å². The third-order valence-corrected chi connectivity index (χ3v) is 6.52. The number of anilines is 3. The van der Waals surface area contributed by atoms with E-state index >= 15 is 0 Å². The summed E-state index contributed by atoms with van der Waals surface area (Å²) in [6.07, 6.45) is -0.447. The minimum absolute atomic E-state index is 0.142. The van der Waals surface area contributed by atoms with Crippen molar-refractivity contribution in [3.63, 3.8) is 0 Å². The number of nitrogens with zero attached hydrogens (tertiary/aromatic N) is 4. The van der Waals surface area contributed by atoms with Gasteiger partial charge >= 0.3 is 0 Å². The van der Waals surface area contributed by atoms with Gasteiger partial charge in [0.1, 0.15) is 5.75 Å². The third kappa shape index (κ3) is 4.45. The lowest BCUT2D eigenvalue weighted by Gasteiger charge is -2.34. The Morgan fingerprint density at radius 1 is 1.00 bits per heavy atom. The van der Waals surface area contributed by atoms with Crippen LogP contribution in [0.2, 0.25) is 5.02 Å². The van der Waals surface area contributed by atoms with Crippen molar-refractivity contribution in [1.82, 2.24) is 0 Å². The molecule has 3 aromatic carbocycles.